The zero-order chi connectivity index (χ0) is 10.7. The van der Waals surface area contributed by atoms with Gasteiger partial charge in [-0.05, 0) is 48.9 Å². The van der Waals surface area contributed by atoms with E-state index >= 15 is 0 Å². The molecule has 2 nitrogen and oxygen atoms in total. The van der Waals surface area contributed by atoms with Gasteiger partial charge in [0.1, 0.15) is 0 Å². The molecule has 0 saturated heterocycles. The fraction of sp³-hybridized carbons (Fsp3) is 0.167. The molecule has 0 amide bonds. The van der Waals surface area contributed by atoms with Crippen LogP contribution in [0, 0.1) is 0 Å². The molecule has 2 N–H and O–H groups in total. The second kappa shape index (κ2) is 4.51. The van der Waals surface area contributed by atoms with Gasteiger partial charge in [-0.25, -0.2) is 0 Å². The Morgan fingerprint density at radius 1 is 1.13 bits per heavy atom. The maximum Gasteiger partial charge on any atom is 0.0450 e. The molecule has 0 unspecified atom stereocenters. The van der Waals surface area contributed by atoms with Crippen LogP contribution in [0.15, 0.2) is 42.7 Å². The average Bonchev–Trinajstić information content (AvgIpc) is 2.68. The van der Waals surface area contributed by atoms with Crippen molar-refractivity contribution < 1.29 is 0 Å². The van der Waals surface area contributed by atoms with Crippen molar-refractivity contribution in [2.75, 3.05) is 6.54 Å². The summed E-state index contributed by atoms with van der Waals surface area (Å²) in [4.78, 5) is 0. The molecule has 0 saturated carbocycles. The summed E-state index contributed by atoms with van der Waals surface area (Å²) in [6.07, 6.45) is 5.05. The van der Waals surface area contributed by atoms with Crippen molar-refractivity contribution in [3.05, 3.63) is 53.3 Å². The van der Waals surface area contributed by atoms with Gasteiger partial charge in [0.25, 0.3) is 0 Å². The third-order valence-corrected chi connectivity index (χ3v) is 2.56. The molecule has 1 heterocycles. The Balaban J connectivity index is 2.25. The highest BCUT2D eigenvalue weighted by atomic mass is 35.5. The number of nitrogens with zero attached hydrogens (tertiary/aromatic N) is 1. The molecule has 0 aliphatic carbocycles. The van der Waals surface area contributed by atoms with Crippen LogP contribution < -0.4 is 5.73 Å². The van der Waals surface area contributed by atoms with E-state index in [2.05, 4.69) is 16.8 Å². The van der Waals surface area contributed by atoms with Crippen LogP contribution in [0.5, 0.6) is 0 Å². The van der Waals surface area contributed by atoms with E-state index in [1.165, 1.54) is 5.56 Å². The minimum absolute atomic E-state index is 0.685. The summed E-state index contributed by atoms with van der Waals surface area (Å²) in [6, 6.07) is 9.85. The predicted octanol–water partition coefficient (Wildman–Crippen LogP) is 2.63. The molecule has 0 radical (unpaired) electrons. The van der Waals surface area contributed by atoms with Gasteiger partial charge >= 0.3 is 0 Å². The SMILES string of the molecule is NCCc1ccn(-c2ccc(Cl)cc2)c1. The first-order valence-corrected chi connectivity index (χ1v) is 5.30. The normalized spacial score (nSPS) is 10.5. The monoisotopic (exact) mass is 220 g/mol. The number of hydrogen-bond acceptors (Lipinski definition) is 1. The van der Waals surface area contributed by atoms with E-state index in [4.69, 9.17) is 17.3 Å². The van der Waals surface area contributed by atoms with E-state index in [1.54, 1.807) is 0 Å². The van der Waals surface area contributed by atoms with Crippen molar-refractivity contribution in [2.45, 2.75) is 6.42 Å². The lowest BCUT2D eigenvalue weighted by molar-refractivity contribution is 0.961. The lowest BCUT2D eigenvalue weighted by atomic mass is 10.2. The Hall–Kier alpha value is -1.25. The Morgan fingerprint density at radius 2 is 1.87 bits per heavy atom. The first-order chi connectivity index (χ1) is 7.29. The van der Waals surface area contributed by atoms with E-state index in [0.717, 1.165) is 17.1 Å². The van der Waals surface area contributed by atoms with Gasteiger partial charge in [-0.2, -0.15) is 0 Å². The van der Waals surface area contributed by atoms with Gasteiger partial charge in [-0.3, -0.25) is 0 Å². The van der Waals surface area contributed by atoms with Gasteiger partial charge in [0, 0.05) is 23.1 Å². The summed E-state index contributed by atoms with van der Waals surface area (Å²) >= 11 is 5.83. The molecule has 78 valence electrons. The largest absolute Gasteiger partial charge is 0.330 e. The molecule has 0 fully saturated rings. The third-order valence-electron chi connectivity index (χ3n) is 2.31. The molecule has 1 aromatic heterocycles. The highest BCUT2D eigenvalue weighted by molar-refractivity contribution is 6.30. The van der Waals surface area contributed by atoms with E-state index < -0.39 is 0 Å². The van der Waals surface area contributed by atoms with E-state index in [-0.39, 0.29) is 0 Å². The topological polar surface area (TPSA) is 30.9 Å². The molecular formula is C12H13ClN2. The summed E-state index contributed by atoms with van der Waals surface area (Å²) in [5.74, 6) is 0. The van der Waals surface area contributed by atoms with Crippen LogP contribution in [0.4, 0.5) is 0 Å². The van der Waals surface area contributed by atoms with Gasteiger partial charge < -0.3 is 10.3 Å². The fourth-order valence-corrected chi connectivity index (χ4v) is 1.66. The summed E-state index contributed by atoms with van der Waals surface area (Å²) in [6.45, 7) is 0.685. The molecule has 1 aromatic carbocycles. The summed E-state index contributed by atoms with van der Waals surface area (Å²) in [7, 11) is 0. The Kier molecular flexibility index (Phi) is 3.09. The number of benzene rings is 1. The lowest BCUT2D eigenvalue weighted by Gasteiger charge is -2.02. The molecule has 2 aromatic rings. The van der Waals surface area contributed by atoms with Gasteiger partial charge in [-0.15, -0.1) is 0 Å². The Labute approximate surface area is 94.3 Å². The molecule has 0 atom stereocenters. The first-order valence-electron chi connectivity index (χ1n) is 4.92. The zero-order valence-electron chi connectivity index (χ0n) is 8.36. The molecule has 15 heavy (non-hydrogen) atoms. The number of rotatable bonds is 3. The second-order valence-electron chi connectivity index (χ2n) is 3.44. The standard InChI is InChI=1S/C12H13ClN2/c13-11-1-3-12(4-2-11)15-8-6-10(9-15)5-7-14/h1-4,6,8-9H,5,7,14H2. The smallest absolute Gasteiger partial charge is 0.0450 e. The summed E-state index contributed by atoms with van der Waals surface area (Å²) in [5.41, 5.74) is 7.87. The molecular weight excluding hydrogens is 208 g/mol. The van der Waals surface area contributed by atoms with Crippen molar-refractivity contribution >= 4 is 11.6 Å². The number of nitrogens with two attached hydrogens (primary N) is 1. The minimum atomic E-state index is 0.685. The number of hydrogen-bond donors (Lipinski definition) is 1. The van der Waals surface area contributed by atoms with Gasteiger partial charge in [0.2, 0.25) is 0 Å². The molecule has 0 aliphatic heterocycles. The minimum Gasteiger partial charge on any atom is -0.330 e. The average molecular weight is 221 g/mol. The highest BCUT2D eigenvalue weighted by Crippen LogP contribution is 2.14. The van der Waals surface area contributed by atoms with Crippen LogP contribution >= 0.6 is 11.6 Å². The molecule has 0 spiro atoms. The molecule has 0 bridgehead atoms. The predicted molar refractivity (Wildman–Crippen MR) is 63.5 cm³/mol. The van der Waals surface area contributed by atoms with Crippen molar-refractivity contribution in [1.82, 2.24) is 4.57 Å². The third kappa shape index (κ3) is 2.41. The molecule has 2 rings (SSSR count). The fourth-order valence-electron chi connectivity index (χ4n) is 1.53. The van der Waals surface area contributed by atoms with Gasteiger partial charge in [0.05, 0.1) is 0 Å². The maximum absolute atomic E-state index is 5.83. The Morgan fingerprint density at radius 3 is 2.53 bits per heavy atom. The van der Waals surface area contributed by atoms with Crippen molar-refractivity contribution in [2.24, 2.45) is 5.73 Å². The van der Waals surface area contributed by atoms with E-state index in [9.17, 15) is 0 Å². The first kappa shape index (κ1) is 10.3. The lowest BCUT2D eigenvalue weighted by Crippen LogP contribution is -2.01. The quantitative estimate of drug-likeness (QED) is 0.847. The van der Waals surface area contributed by atoms with Crippen LogP contribution in [0.25, 0.3) is 5.69 Å². The second-order valence-corrected chi connectivity index (χ2v) is 3.88. The molecule has 3 heteroatoms. The van der Waals surface area contributed by atoms with Gasteiger partial charge in [-0.1, -0.05) is 11.6 Å². The molecule has 0 aliphatic rings. The van der Waals surface area contributed by atoms with Crippen LogP contribution in [-0.4, -0.2) is 11.1 Å². The van der Waals surface area contributed by atoms with Crippen LogP contribution in [0.1, 0.15) is 5.56 Å². The number of aromatic nitrogens is 1. The highest BCUT2D eigenvalue weighted by Gasteiger charge is 1.98. The zero-order valence-corrected chi connectivity index (χ0v) is 9.11. The van der Waals surface area contributed by atoms with Crippen molar-refractivity contribution in [3.8, 4) is 5.69 Å². The number of halogens is 1. The Bertz CT molecular complexity index is 431. The van der Waals surface area contributed by atoms with Gasteiger partial charge in [0.15, 0.2) is 0 Å². The summed E-state index contributed by atoms with van der Waals surface area (Å²) < 4.78 is 2.07. The van der Waals surface area contributed by atoms with Crippen LogP contribution in [0.2, 0.25) is 5.02 Å². The van der Waals surface area contributed by atoms with E-state index in [0.29, 0.717) is 6.54 Å². The van der Waals surface area contributed by atoms with Crippen LogP contribution in [-0.2, 0) is 6.42 Å². The van der Waals surface area contributed by atoms with E-state index in [1.807, 2.05) is 30.5 Å². The van der Waals surface area contributed by atoms with Crippen molar-refractivity contribution in [1.29, 1.82) is 0 Å². The maximum atomic E-state index is 5.83. The summed E-state index contributed by atoms with van der Waals surface area (Å²) in [5, 5.41) is 0.757. The van der Waals surface area contributed by atoms with Crippen LogP contribution in [0.3, 0.4) is 0 Å². The van der Waals surface area contributed by atoms with Crippen molar-refractivity contribution in [3.63, 3.8) is 0 Å².